The van der Waals surface area contributed by atoms with E-state index in [1.807, 2.05) is 0 Å². The zero-order valence-electron chi connectivity index (χ0n) is 8.65. The molecule has 1 aromatic carbocycles. The Morgan fingerprint density at radius 1 is 1.35 bits per heavy atom. The second kappa shape index (κ2) is 5.87. The van der Waals surface area contributed by atoms with E-state index in [2.05, 4.69) is 15.9 Å². The van der Waals surface area contributed by atoms with Crippen LogP contribution in [0.1, 0.15) is 27.9 Å². The van der Waals surface area contributed by atoms with Gasteiger partial charge in [0.2, 0.25) is 0 Å². The highest BCUT2D eigenvalue weighted by Gasteiger charge is 2.31. The predicted molar refractivity (Wildman–Crippen MR) is 63.7 cm³/mol. The maximum absolute atomic E-state index is 12.4. The van der Waals surface area contributed by atoms with E-state index in [9.17, 15) is 18.0 Å². The molecular weight excluding hydrogens is 320 g/mol. The number of Topliss-reactive ketones (excluding diaryl/α,β-unsaturated/α-hetero) is 1. The zero-order chi connectivity index (χ0) is 13.1. The van der Waals surface area contributed by atoms with Crippen molar-refractivity contribution >= 4 is 33.3 Å². The molecule has 6 heteroatoms. The van der Waals surface area contributed by atoms with Crippen LogP contribution in [0.25, 0.3) is 0 Å². The van der Waals surface area contributed by atoms with E-state index in [0.29, 0.717) is 5.33 Å². The molecular formula is C11H9BrClF3O. The van der Waals surface area contributed by atoms with Gasteiger partial charge in [-0.3, -0.25) is 4.79 Å². The van der Waals surface area contributed by atoms with Crippen LogP contribution >= 0.6 is 27.5 Å². The molecule has 0 saturated heterocycles. The number of carbonyl (C=O) groups excluding carboxylic acids is 1. The second-order valence-corrected chi connectivity index (χ2v) is 4.43. The normalized spacial score (nSPS) is 11.6. The molecule has 94 valence electrons. The first-order valence-corrected chi connectivity index (χ1v) is 6.41. The third kappa shape index (κ3) is 3.71. The van der Waals surface area contributed by atoms with Crippen LogP contribution in [0.15, 0.2) is 18.2 Å². The van der Waals surface area contributed by atoms with Gasteiger partial charge in [0.05, 0.1) is 5.56 Å². The Hall–Kier alpha value is -0.550. The van der Waals surface area contributed by atoms with Crippen molar-refractivity contribution in [1.29, 1.82) is 0 Å². The van der Waals surface area contributed by atoms with Crippen molar-refractivity contribution in [1.82, 2.24) is 0 Å². The summed E-state index contributed by atoms with van der Waals surface area (Å²) in [4.78, 5) is 11.6. The van der Waals surface area contributed by atoms with Gasteiger partial charge >= 0.3 is 6.18 Å². The fraction of sp³-hybridized carbons (Fsp3) is 0.364. The van der Waals surface area contributed by atoms with E-state index >= 15 is 0 Å². The van der Waals surface area contributed by atoms with E-state index in [1.165, 1.54) is 6.07 Å². The minimum atomic E-state index is -4.42. The number of rotatable bonds is 4. The van der Waals surface area contributed by atoms with Crippen LogP contribution in [0.5, 0.6) is 0 Å². The molecule has 0 aliphatic carbocycles. The Labute approximate surface area is 110 Å². The molecule has 0 spiro atoms. The number of ketones is 1. The van der Waals surface area contributed by atoms with E-state index in [4.69, 9.17) is 11.6 Å². The summed E-state index contributed by atoms with van der Waals surface area (Å²) in [5, 5.41) is 0.467. The van der Waals surface area contributed by atoms with Crippen molar-refractivity contribution in [3.05, 3.63) is 34.9 Å². The lowest BCUT2D eigenvalue weighted by Crippen LogP contribution is -2.09. The van der Waals surface area contributed by atoms with E-state index in [1.54, 1.807) is 0 Å². The minimum Gasteiger partial charge on any atom is -0.294 e. The average Bonchev–Trinajstić information content (AvgIpc) is 2.27. The van der Waals surface area contributed by atoms with Gasteiger partial charge in [-0.2, -0.15) is 13.2 Å². The highest BCUT2D eigenvalue weighted by molar-refractivity contribution is 9.09. The summed E-state index contributed by atoms with van der Waals surface area (Å²) < 4.78 is 37.3. The van der Waals surface area contributed by atoms with Crippen molar-refractivity contribution in [3.8, 4) is 0 Å². The summed E-state index contributed by atoms with van der Waals surface area (Å²) in [6.07, 6.45) is -4.19. The third-order valence-corrected chi connectivity index (χ3v) is 2.88. The van der Waals surface area contributed by atoms with Crippen LogP contribution in [0, 0.1) is 0 Å². The molecule has 1 rings (SSSR count). The average molecular weight is 330 g/mol. The largest absolute Gasteiger partial charge is 0.416 e. The minimum absolute atomic E-state index is 0.118. The Morgan fingerprint density at radius 3 is 2.47 bits per heavy atom. The van der Waals surface area contributed by atoms with Gasteiger partial charge in [-0.05, 0) is 17.7 Å². The number of carbonyl (C=O) groups is 1. The summed E-state index contributed by atoms with van der Waals surface area (Å²) in [5.41, 5.74) is -0.316. The van der Waals surface area contributed by atoms with Crippen LogP contribution in [-0.2, 0) is 12.1 Å². The molecule has 0 bridgehead atoms. The van der Waals surface area contributed by atoms with Crippen molar-refractivity contribution in [2.24, 2.45) is 0 Å². The van der Waals surface area contributed by atoms with E-state index < -0.39 is 11.7 Å². The second-order valence-electron chi connectivity index (χ2n) is 3.37. The SMILES string of the molecule is O=C(CCBr)c1ccc(C(F)(F)F)cc1CCl. The van der Waals surface area contributed by atoms with Gasteiger partial charge in [0.15, 0.2) is 5.78 Å². The number of halogens is 5. The highest BCUT2D eigenvalue weighted by atomic mass is 79.9. The molecule has 1 aromatic rings. The van der Waals surface area contributed by atoms with Gasteiger partial charge in [-0.25, -0.2) is 0 Å². The van der Waals surface area contributed by atoms with Gasteiger partial charge in [0.25, 0.3) is 0 Å². The smallest absolute Gasteiger partial charge is 0.294 e. The lowest BCUT2D eigenvalue weighted by atomic mass is 10.0. The maximum Gasteiger partial charge on any atom is 0.416 e. The van der Waals surface area contributed by atoms with Crippen LogP contribution in [0.4, 0.5) is 13.2 Å². The van der Waals surface area contributed by atoms with Crippen LogP contribution < -0.4 is 0 Å². The van der Waals surface area contributed by atoms with E-state index in [0.717, 1.165) is 12.1 Å². The Kier molecular flexibility index (Phi) is 5.01. The fourth-order valence-corrected chi connectivity index (χ4v) is 1.95. The van der Waals surface area contributed by atoms with Gasteiger partial charge in [0.1, 0.15) is 0 Å². The summed E-state index contributed by atoms with van der Waals surface area (Å²) in [7, 11) is 0. The molecule has 17 heavy (non-hydrogen) atoms. The molecule has 0 aliphatic rings. The molecule has 0 fully saturated rings. The standard InChI is InChI=1S/C11H9BrClF3O/c12-4-3-10(17)9-2-1-8(11(14,15)16)5-7(9)6-13/h1-2,5H,3-4,6H2. The first-order chi connectivity index (χ1) is 7.90. The molecule has 0 N–H and O–H groups in total. The fourth-order valence-electron chi connectivity index (χ4n) is 1.37. The topological polar surface area (TPSA) is 17.1 Å². The zero-order valence-corrected chi connectivity index (χ0v) is 11.0. The van der Waals surface area contributed by atoms with Crippen LogP contribution in [-0.4, -0.2) is 11.1 Å². The summed E-state index contributed by atoms with van der Waals surface area (Å²) in [5.74, 6) is -0.334. The maximum atomic E-state index is 12.4. The summed E-state index contributed by atoms with van der Waals surface area (Å²) >= 11 is 8.67. The van der Waals surface area contributed by atoms with Crippen LogP contribution in [0.3, 0.4) is 0 Å². The van der Waals surface area contributed by atoms with Crippen LogP contribution in [0.2, 0.25) is 0 Å². The Balaban J connectivity index is 3.14. The first kappa shape index (κ1) is 14.5. The molecule has 0 unspecified atom stereocenters. The lowest BCUT2D eigenvalue weighted by Gasteiger charge is -2.11. The Morgan fingerprint density at radius 2 is 2.00 bits per heavy atom. The first-order valence-electron chi connectivity index (χ1n) is 4.75. The number of alkyl halides is 5. The Bertz CT molecular complexity index is 418. The van der Waals surface area contributed by atoms with Crippen molar-refractivity contribution in [2.75, 3.05) is 5.33 Å². The highest BCUT2D eigenvalue weighted by Crippen LogP contribution is 2.31. The van der Waals surface area contributed by atoms with Crippen molar-refractivity contribution in [3.63, 3.8) is 0 Å². The van der Waals surface area contributed by atoms with Crippen molar-refractivity contribution in [2.45, 2.75) is 18.5 Å². The predicted octanol–water partition coefficient (Wildman–Crippen LogP) is 4.41. The molecule has 1 nitrogen and oxygen atoms in total. The molecule has 0 saturated carbocycles. The molecule has 0 aromatic heterocycles. The van der Waals surface area contributed by atoms with Gasteiger partial charge < -0.3 is 0 Å². The molecule has 0 atom stereocenters. The van der Waals surface area contributed by atoms with Gasteiger partial charge in [0, 0.05) is 23.2 Å². The van der Waals surface area contributed by atoms with Gasteiger partial charge in [-0.1, -0.05) is 22.0 Å². The molecule has 0 amide bonds. The lowest BCUT2D eigenvalue weighted by molar-refractivity contribution is -0.137. The molecule has 0 heterocycles. The van der Waals surface area contributed by atoms with Gasteiger partial charge in [-0.15, -0.1) is 11.6 Å². The molecule has 0 aliphatic heterocycles. The molecule has 0 radical (unpaired) electrons. The van der Waals surface area contributed by atoms with Crippen molar-refractivity contribution < 1.29 is 18.0 Å². The summed E-state index contributed by atoms with van der Waals surface area (Å²) in [6.45, 7) is 0. The number of hydrogen-bond acceptors (Lipinski definition) is 1. The number of benzene rings is 1. The quantitative estimate of drug-likeness (QED) is 0.590. The number of hydrogen-bond donors (Lipinski definition) is 0. The third-order valence-electron chi connectivity index (χ3n) is 2.20. The summed E-state index contributed by atoms with van der Waals surface area (Å²) in [6, 6.07) is 3.01. The monoisotopic (exact) mass is 328 g/mol. The van der Waals surface area contributed by atoms with E-state index in [-0.39, 0.29) is 29.2 Å².